The Balaban J connectivity index is 1.47. The number of hydrogen-bond acceptors (Lipinski definition) is 8. The Bertz CT molecular complexity index is 1310. The van der Waals surface area contributed by atoms with Gasteiger partial charge in [0.05, 0.1) is 26.9 Å². The maximum absolute atomic E-state index is 12.6. The van der Waals surface area contributed by atoms with Crippen LogP contribution in [0.5, 0.6) is 11.5 Å². The predicted octanol–water partition coefficient (Wildman–Crippen LogP) is 3.65. The van der Waals surface area contributed by atoms with Gasteiger partial charge in [0.25, 0.3) is 5.89 Å². The second-order valence-electron chi connectivity index (χ2n) is 7.13. The van der Waals surface area contributed by atoms with Crippen LogP contribution < -0.4 is 14.8 Å². The standard InChI is InChI=1S/C24H22N4O6/c1-31-19-11-8-16(13-20(19)32-2)22-26-23(34-27-22)18-5-4-12-28(18)14-21(29)25-17-9-6-15(7-10-17)24(30)33-3/h4-13H,14H2,1-3H3,(H,25,29). The van der Waals surface area contributed by atoms with Gasteiger partial charge in [-0.15, -0.1) is 0 Å². The van der Waals surface area contributed by atoms with Crippen LogP contribution in [-0.4, -0.2) is 47.9 Å². The summed E-state index contributed by atoms with van der Waals surface area (Å²) in [7, 11) is 4.42. The molecule has 0 atom stereocenters. The molecule has 174 valence electrons. The molecule has 0 aliphatic heterocycles. The van der Waals surface area contributed by atoms with E-state index in [1.165, 1.54) is 7.11 Å². The van der Waals surface area contributed by atoms with Crippen LogP contribution in [0.4, 0.5) is 5.69 Å². The molecule has 2 aromatic heterocycles. The van der Waals surface area contributed by atoms with Crippen molar-refractivity contribution in [3.63, 3.8) is 0 Å². The molecule has 0 saturated heterocycles. The highest BCUT2D eigenvalue weighted by molar-refractivity contribution is 5.93. The molecule has 2 aromatic carbocycles. The molecule has 10 heteroatoms. The highest BCUT2D eigenvalue weighted by atomic mass is 16.5. The first-order chi connectivity index (χ1) is 16.5. The number of rotatable bonds is 8. The molecule has 0 spiro atoms. The number of aromatic nitrogens is 3. The first-order valence-corrected chi connectivity index (χ1v) is 10.2. The van der Waals surface area contributed by atoms with Gasteiger partial charge in [0.15, 0.2) is 11.5 Å². The fraction of sp³-hybridized carbons (Fsp3) is 0.167. The molecule has 10 nitrogen and oxygen atoms in total. The maximum atomic E-state index is 12.6. The molecule has 2 heterocycles. The lowest BCUT2D eigenvalue weighted by atomic mass is 10.2. The van der Waals surface area contributed by atoms with Crippen LogP contribution in [0.1, 0.15) is 10.4 Å². The molecule has 1 amide bonds. The van der Waals surface area contributed by atoms with Crippen molar-refractivity contribution in [3.05, 3.63) is 66.4 Å². The summed E-state index contributed by atoms with van der Waals surface area (Å²) < 4.78 is 22.4. The minimum absolute atomic E-state index is 0.0230. The zero-order valence-electron chi connectivity index (χ0n) is 18.8. The molecule has 34 heavy (non-hydrogen) atoms. The van der Waals surface area contributed by atoms with Crippen LogP contribution in [0.3, 0.4) is 0 Å². The molecule has 0 radical (unpaired) electrons. The van der Waals surface area contributed by atoms with Crippen molar-refractivity contribution < 1.29 is 28.3 Å². The highest BCUT2D eigenvalue weighted by Crippen LogP contribution is 2.32. The van der Waals surface area contributed by atoms with Gasteiger partial charge in [0.1, 0.15) is 12.2 Å². The molecular formula is C24H22N4O6. The van der Waals surface area contributed by atoms with E-state index in [9.17, 15) is 9.59 Å². The van der Waals surface area contributed by atoms with E-state index in [-0.39, 0.29) is 18.3 Å². The first kappa shape index (κ1) is 22.6. The van der Waals surface area contributed by atoms with E-state index in [0.29, 0.717) is 39.8 Å². The minimum atomic E-state index is -0.443. The SMILES string of the molecule is COC(=O)c1ccc(NC(=O)Cn2cccc2-c2nc(-c3ccc(OC)c(OC)c3)no2)cc1. The maximum Gasteiger partial charge on any atom is 0.337 e. The third kappa shape index (κ3) is 4.75. The van der Waals surface area contributed by atoms with Crippen molar-refractivity contribution in [1.29, 1.82) is 0 Å². The number of nitrogens with one attached hydrogen (secondary N) is 1. The molecule has 0 aliphatic rings. The molecule has 0 unspecified atom stereocenters. The molecule has 1 N–H and O–H groups in total. The normalized spacial score (nSPS) is 10.6. The summed E-state index contributed by atoms with van der Waals surface area (Å²) in [6.07, 6.45) is 1.75. The van der Waals surface area contributed by atoms with E-state index in [1.807, 2.05) is 0 Å². The van der Waals surface area contributed by atoms with Gasteiger partial charge >= 0.3 is 5.97 Å². The Morgan fingerprint density at radius 2 is 1.76 bits per heavy atom. The number of amides is 1. The van der Waals surface area contributed by atoms with Gasteiger partial charge in [-0.25, -0.2) is 4.79 Å². The van der Waals surface area contributed by atoms with Crippen molar-refractivity contribution in [2.75, 3.05) is 26.6 Å². The number of anilines is 1. The largest absolute Gasteiger partial charge is 0.493 e. The number of carbonyl (C=O) groups is 2. The molecular weight excluding hydrogens is 440 g/mol. The zero-order valence-corrected chi connectivity index (χ0v) is 18.8. The van der Waals surface area contributed by atoms with E-state index >= 15 is 0 Å². The lowest BCUT2D eigenvalue weighted by Crippen LogP contribution is -2.18. The Kier molecular flexibility index (Phi) is 6.58. The number of methoxy groups -OCH3 is 3. The summed E-state index contributed by atoms with van der Waals surface area (Å²) in [5.41, 5.74) is 2.24. The molecule has 0 bridgehead atoms. The molecule has 0 fully saturated rings. The zero-order chi connectivity index (χ0) is 24.1. The van der Waals surface area contributed by atoms with Gasteiger partial charge < -0.3 is 28.6 Å². The number of hydrogen-bond donors (Lipinski definition) is 1. The Morgan fingerprint density at radius 3 is 2.47 bits per heavy atom. The third-order valence-corrected chi connectivity index (χ3v) is 5.02. The summed E-state index contributed by atoms with van der Waals surface area (Å²) in [6, 6.07) is 15.3. The fourth-order valence-electron chi connectivity index (χ4n) is 3.33. The third-order valence-electron chi connectivity index (χ3n) is 5.02. The van der Waals surface area contributed by atoms with Gasteiger partial charge in [0.2, 0.25) is 11.7 Å². The molecule has 0 aliphatic carbocycles. The van der Waals surface area contributed by atoms with Crippen molar-refractivity contribution in [1.82, 2.24) is 14.7 Å². The summed E-state index contributed by atoms with van der Waals surface area (Å²) >= 11 is 0. The predicted molar refractivity (Wildman–Crippen MR) is 123 cm³/mol. The van der Waals surface area contributed by atoms with Crippen LogP contribution in [0.2, 0.25) is 0 Å². The smallest absolute Gasteiger partial charge is 0.337 e. The van der Waals surface area contributed by atoms with Crippen molar-refractivity contribution in [2.24, 2.45) is 0 Å². The lowest BCUT2D eigenvalue weighted by molar-refractivity contribution is -0.116. The summed E-state index contributed by atoms with van der Waals surface area (Å²) in [4.78, 5) is 28.6. The lowest BCUT2D eigenvalue weighted by Gasteiger charge is -2.09. The number of benzene rings is 2. The van der Waals surface area contributed by atoms with Gasteiger partial charge in [-0.3, -0.25) is 4.79 Å². The molecule has 0 saturated carbocycles. The summed E-state index contributed by atoms with van der Waals surface area (Å²) in [6.45, 7) is 0.0230. The van der Waals surface area contributed by atoms with Crippen molar-refractivity contribution >= 4 is 17.6 Å². The number of esters is 1. The van der Waals surface area contributed by atoms with E-state index in [4.69, 9.17) is 14.0 Å². The quantitative estimate of drug-likeness (QED) is 0.394. The summed E-state index contributed by atoms with van der Waals surface area (Å²) in [5, 5.41) is 6.85. The first-order valence-electron chi connectivity index (χ1n) is 10.2. The highest BCUT2D eigenvalue weighted by Gasteiger charge is 2.17. The minimum Gasteiger partial charge on any atom is -0.493 e. The van der Waals surface area contributed by atoms with Gasteiger partial charge in [-0.1, -0.05) is 5.16 Å². The molecule has 4 aromatic rings. The van der Waals surface area contributed by atoms with Gasteiger partial charge in [0, 0.05) is 17.4 Å². The second kappa shape index (κ2) is 9.90. The molecule has 4 rings (SSSR count). The van der Waals surface area contributed by atoms with Crippen LogP contribution in [-0.2, 0) is 16.1 Å². The van der Waals surface area contributed by atoms with Crippen molar-refractivity contribution in [2.45, 2.75) is 6.54 Å². The van der Waals surface area contributed by atoms with Crippen LogP contribution in [0.25, 0.3) is 23.0 Å². The second-order valence-corrected chi connectivity index (χ2v) is 7.13. The average molecular weight is 462 g/mol. The van der Waals surface area contributed by atoms with Gasteiger partial charge in [-0.05, 0) is 54.6 Å². The Labute approximate surface area is 195 Å². The Hall–Kier alpha value is -4.60. The number of nitrogens with zero attached hydrogens (tertiary/aromatic N) is 3. The topological polar surface area (TPSA) is 118 Å². The van der Waals surface area contributed by atoms with E-state index < -0.39 is 5.97 Å². The van der Waals surface area contributed by atoms with Crippen LogP contribution >= 0.6 is 0 Å². The number of ether oxygens (including phenoxy) is 3. The average Bonchev–Trinajstić information content (AvgIpc) is 3.53. The van der Waals surface area contributed by atoms with E-state index in [1.54, 1.807) is 79.6 Å². The van der Waals surface area contributed by atoms with Gasteiger partial charge in [-0.2, -0.15) is 4.98 Å². The number of carbonyl (C=O) groups excluding carboxylic acids is 2. The summed E-state index contributed by atoms with van der Waals surface area (Å²) in [5.74, 6) is 1.08. The van der Waals surface area contributed by atoms with E-state index in [2.05, 4.69) is 20.2 Å². The fourth-order valence-corrected chi connectivity index (χ4v) is 3.33. The van der Waals surface area contributed by atoms with Crippen LogP contribution in [0.15, 0.2) is 65.3 Å². The van der Waals surface area contributed by atoms with Crippen molar-refractivity contribution in [3.8, 4) is 34.5 Å². The van der Waals surface area contributed by atoms with E-state index in [0.717, 1.165) is 0 Å². The monoisotopic (exact) mass is 462 g/mol. The Morgan fingerprint density at radius 1 is 1.00 bits per heavy atom. The van der Waals surface area contributed by atoms with Crippen LogP contribution in [0, 0.1) is 0 Å².